The van der Waals surface area contributed by atoms with E-state index in [9.17, 15) is 9.59 Å². The average Bonchev–Trinajstić information content (AvgIpc) is 2.61. The number of amides is 1. The molecule has 1 atom stereocenters. The van der Waals surface area contributed by atoms with Gasteiger partial charge < -0.3 is 5.32 Å². The van der Waals surface area contributed by atoms with Crippen LogP contribution < -0.4 is 10.9 Å². The second kappa shape index (κ2) is 5.88. The van der Waals surface area contributed by atoms with Crippen LogP contribution in [0.15, 0.2) is 47.4 Å². The monoisotopic (exact) mass is 320 g/mol. The number of nitrogens with zero attached hydrogens (tertiary/aromatic N) is 2. The first-order valence-corrected chi connectivity index (χ1v) is 7.92. The SMILES string of the molecule is O=C(NC1CCc2n[nH]c(=O)cc2C1)c1ccc2ncccc2c1. The third-order valence-corrected chi connectivity index (χ3v) is 4.37. The van der Waals surface area contributed by atoms with E-state index in [0.717, 1.165) is 35.0 Å². The number of H-pyrrole nitrogens is 1. The second-order valence-electron chi connectivity index (χ2n) is 6.03. The first kappa shape index (κ1) is 14.6. The number of aromatic nitrogens is 3. The van der Waals surface area contributed by atoms with Gasteiger partial charge in [-0.2, -0.15) is 5.10 Å². The van der Waals surface area contributed by atoms with E-state index in [1.54, 1.807) is 18.3 Å². The Balaban J connectivity index is 1.52. The number of carbonyl (C=O) groups excluding carboxylic acids is 1. The molecule has 1 amide bonds. The molecule has 0 spiro atoms. The number of rotatable bonds is 2. The molecule has 1 aromatic carbocycles. The molecule has 4 rings (SSSR count). The summed E-state index contributed by atoms with van der Waals surface area (Å²) in [7, 11) is 0. The minimum Gasteiger partial charge on any atom is -0.349 e. The third-order valence-electron chi connectivity index (χ3n) is 4.37. The lowest BCUT2D eigenvalue weighted by Gasteiger charge is -2.24. The van der Waals surface area contributed by atoms with Gasteiger partial charge in [-0.15, -0.1) is 0 Å². The molecule has 1 unspecified atom stereocenters. The number of hydrogen-bond acceptors (Lipinski definition) is 4. The summed E-state index contributed by atoms with van der Waals surface area (Å²) in [5, 5.41) is 10.5. The summed E-state index contributed by atoms with van der Waals surface area (Å²) in [6, 6.07) is 10.9. The van der Waals surface area contributed by atoms with E-state index >= 15 is 0 Å². The lowest BCUT2D eigenvalue weighted by molar-refractivity contribution is 0.0933. The number of aromatic amines is 1. The van der Waals surface area contributed by atoms with Gasteiger partial charge in [-0.1, -0.05) is 6.07 Å². The topological polar surface area (TPSA) is 87.7 Å². The predicted octanol–water partition coefficient (Wildman–Crippen LogP) is 1.61. The number of fused-ring (bicyclic) bond motifs is 2. The van der Waals surface area contributed by atoms with E-state index in [2.05, 4.69) is 20.5 Å². The van der Waals surface area contributed by atoms with Crippen LogP contribution in [0.5, 0.6) is 0 Å². The van der Waals surface area contributed by atoms with Crippen molar-refractivity contribution in [2.24, 2.45) is 0 Å². The van der Waals surface area contributed by atoms with Gasteiger partial charge >= 0.3 is 0 Å². The fraction of sp³-hybridized carbons (Fsp3) is 0.222. The molecule has 0 fully saturated rings. The quantitative estimate of drug-likeness (QED) is 0.751. The molecule has 0 saturated heterocycles. The number of aryl methyl sites for hydroxylation is 1. The van der Waals surface area contributed by atoms with Crippen LogP contribution >= 0.6 is 0 Å². The molecule has 0 radical (unpaired) electrons. The van der Waals surface area contributed by atoms with Crippen molar-refractivity contribution in [1.29, 1.82) is 0 Å². The molecular weight excluding hydrogens is 304 g/mol. The van der Waals surface area contributed by atoms with Crippen molar-refractivity contribution in [3.05, 3.63) is 69.8 Å². The summed E-state index contributed by atoms with van der Waals surface area (Å²) in [6.07, 6.45) is 3.93. The first-order chi connectivity index (χ1) is 11.7. The standard InChI is InChI=1S/C18H16N4O2/c23-17-10-13-9-14(4-6-16(13)21-22-17)20-18(24)12-3-5-15-11(8-12)2-1-7-19-15/h1-3,5,7-8,10,14H,4,6,9H2,(H,20,24)(H,22,23). The van der Waals surface area contributed by atoms with Crippen LogP contribution in [-0.4, -0.2) is 27.1 Å². The molecule has 6 heteroatoms. The van der Waals surface area contributed by atoms with Crippen molar-refractivity contribution in [3.63, 3.8) is 0 Å². The lowest BCUT2D eigenvalue weighted by Crippen LogP contribution is -2.39. The highest BCUT2D eigenvalue weighted by Gasteiger charge is 2.22. The fourth-order valence-corrected chi connectivity index (χ4v) is 3.15. The molecule has 2 heterocycles. The van der Waals surface area contributed by atoms with Crippen molar-refractivity contribution in [2.45, 2.75) is 25.3 Å². The van der Waals surface area contributed by atoms with Crippen molar-refractivity contribution < 1.29 is 4.79 Å². The Morgan fingerprint density at radius 2 is 2.17 bits per heavy atom. The van der Waals surface area contributed by atoms with Gasteiger partial charge in [0.25, 0.3) is 11.5 Å². The largest absolute Gasteiger partial charge is 0.349 e. The molecule has 6 nitrogen and oxygen atoms in total. The summed E-state index contributed by atoms with van der Waals surface area (Å²) in [5.74, 6) is -0.105. The molecule has 120 valence electrons. The zero-order chi connectivity index (χ0) is 16.5. The maximum atomic E-state index is 12.5. The molecule has 24 heavy (non-hydrogen) atoms. The first-order valence-electron chi connectivity index (χ1n) is 7.92. The molecule has 0 saturated carbocycles. The molecule has 1 aliphatic rings. The number of carbonyl (C=O) groups is 1. The Labute approximate surface area is 137 Å². The molecule has 0 bridgehead atoms. The minimum absolute atomic E-state index is 0.0122. The predicted molar refractivity (Wildman–Crippen MR) is 89.9 cm³/mol. The maximum Gasteiger partial charge on any atom is 0.264 e. The number of benzene rings is 1. The van der Waals surface area contributed by atoms with Crippen LogP contribution in [0, 0.1) is 0 Å². The highest BCUT2D eigenvalue weighted by molar-refractivity contribution is 5.98. The molecular formula is C18H16N4O2. The zero-order valence-electron chi connectivity index (χ0n) is 13.0. The number of hydrogen-bond donors (Lipinski definition) is 2. The normalized spacial score (nSPS) is 16.6. The lowest BCUT2D eigenvalue weighted by atomic mass is 9.92. The summed E-state index contributed by atoms with van der Waals surface area (Å²) in [4.78, 5) is 28.2. The van der Waals surface area contributed by atoms with E-state index in [-0.39, 0.29) is 17.5 Å². The van der Waals surface area contributed by atoms with E-state index in [1.807, 2.05) is 24.3 Å². The second-order valence-corrected chi connectivity index (χ2v) is 6.03. The van der Waals surface area contributed by atoms with Crippen LogP contribution in [-0.2, 0) is 12.8 Å². The molecule has 1 aliphatic carbocycles. The van der Waals surface area contributed by atoms with Gasteiger partial charge in [0.15, 0.2) is 0 Å². The summed E-state index contributed by atoms with van der Waals surface area (Å²) >= 11 is 0. The minimum atomic E-state index is -0.206. The van der Waals surface area contributed by atoms with Gasteiger partial charge in [0, 0.05) is 29.3 Å². The van der Waals surface area contributed by atoms with Crippen molar-refractivity contribution in [1.82, 2.24) is 20.5 Å². The highest BCUT2D eigenvalue weighted by atomic mass is 16.1. The third kappa shape index (κ3) is 2.78. The van der Waals surface area contributed by atoms with Gasteiger partial charge in [-0.25, -0.2) is 5.10 Å². The van der Waals surface area contributed by atoms with E-state index in [0.29, 0.717) is 12.0 Å². The average molecular weight is 320 g/mol. The Kier molecular flexibility index (Phi) is 3.57. The van der Waals surface area contributed by atoms with Gasteiger partial charge in [0.1, 0.15) is 0 Å². The van der Waals surface area contributed by atoms with Crippen LogP contribution in [0.1, 0.15) is 28.0 Å². The van der Waals surface area contributed by atoms with E-state index < -0.39 is 0 Å². The molecule has 0 aliphatic heterocycles. The Bertz CT molecular complexity index is 980. The van der Waals surface area contributed by atoms with Crippen molar-refractivity contribution in [3.8, 4) is 0 Å². The molecule has 2 N–H and O–H groups in total. The molecule has 2 aromatic heterocycles. The van der Waals surface area contributed by atoms with Crippen molar-refractivity contribution in [2.75, 3.05) is 0 Å². The highest BCUT2D eigenvalue weighted by Crippen LogP contribution is 2.19. The molecule has 3 aromatic rings. The maximum absolute atomic E-state index is 12.5. The van der Waals surface area contributed by atoms with Gasteiger partial charge in [0.2, 0.25) is 0 Å². The Hall–Kier alpha value is -3.02. The van der Waals surface area contributed by atoms with Crippen LogP contribution in [0.2, 0.25) is 0 Å². The van der Waals surface area contributed by atoms with Crippen molar-refractivity contribution >= 4 is 16.8 Å². The Morgan fingerprint density at radius 1 is 1.25 bits per heavy atom. The smallest absolute Gasteiger partial charge is 0.264 e. The van der Waals surface area contributed by atoms with Crippen LogP contribution in [0.4, 0.5) is 0 Å². The summed E-state index contributed by atoms with van der Waals surface area (Å²) in [5.41, 5.74) is 3.11. The van der Waals surface area contributed by atoms with Gasteiger partial charge in [-0.3, -0.25) is 14.6 Å². The number of nitrogens with one attached hydrogen (secondary N) is 2. The van der Waals surface area contributed by atoms with E-state index in [4.69, 9.17) is 0 Å². The zero-order valence-corrected chi connectivity index (χ0v) is 13.0. The summed E-state index contributed by atoms with van der Waals surface area (Å²) in [6.45, 7) is 0. The van der Waals surface area contributed by atoms with Gasteiger partial charge in [0.05, 0.1) is 11.2 Å². The van der Waals surface area contributed by atoms with Crippen LogP contribution in [0.25, 0.3) is 10.9 Å². The van der Waals surface area contributed by atoms with Crippen LogP contribution in [0.3, 0.4) is 0 Å². The van der Waals surface area contributed by atoms with Gasteiger partial charge in [-0.05, 0) is 49.1 Å². The fourth-order valence-electron chi connectivity index (χ4n) is 3.15. The Morgan fingerprint density at radius 3 is 3.08 bits per heavy atom. The summed E-state index contributed by atoms with van der Waals surface area (Å²) < 4.78 is 0. The van der Waals surface area contributed by atoms with E-state index in [1.165, 1.54) is 0 Å². The number of pyridine rings is 1.